The van der Waals surface area contributed by atoms with Crippen molar-refractivity contribution in [1.29, 1.82) is 0 Å². The van der Waals surface area contributed by atoms with Crippen molar-refractivity contribution >= 4 is 5.91 Å². The van der Waals surface area contributed by atoms with Crippen molar-refractivity contribution in [2.75, 3.05) is 26.7 Å². The van der Waals surface area contributed by atoms with Gasteiger partial charge in [-0.1, -0.05) is 0 Å². The van der Waals surface area contributed by atoms with Gasteiger partial charge >= 0.3 is 0 Å². The molecule has 2 heterocycles. The van der Waals surface area contributed by atoms with E-state index >= 15 is 0 Å². The predicted molar refractivity (Wildman–Crippen MR) is 85.9 cm³/mol. The van der Waals surface area contributed by atoms with Gasteiger partial charge in [-0.25, -0.2) is 0 Å². The molecule has 7 nitrogen and oxygen atoms in total. The molecule has 0 radical (unpaired) electrons. The van der Waals surface area contributed by atoms with E-state index in [0.29, 0.717) is 32.1 Å². The molecule has 0 spiro atoms. The minimum absolute atomic E-state index is 0.104. The maximum absolute atomic E-state index is 12.5. The Labute approximate surface area is 137 Å². The van der Waals surface area contributed by atoms with Crippen LogP contribution in [0.5, 0.6) is 0 Å². The van der Waals surface area contributed by atoms with Crippen LogP contribution in [0.4, 0.5) is 0 Å². The smallest absolute Gasteiger partial charge is 0.236 e. The van der Waals surface area contributed by atoms with Gasteiger partial charge in [0.1, 0.15) is 11.6 Å². The Morgan fingerprint density at radius 2 is 1.91 bits per heavy atom. The Balaban J connectivity index is 1.54. The first-order valence-corrected chi connectivity index (χ1v) is 8.44. The average molecular weight is 321 g/mol. The number of ether oxygens (including phenoxy) is 1. The second kappa shape index (κ2) is 6.57. The van der Waals surface area contributed by atoms with Gasteiger partial charge < -0.3 is 14.2 Å². The molecule has 3 rings (SSSR count). The molecule has 1 amide bonds. The second-order valence-electron chi connectivity index (χ2n) is 7.04. The van der Waals surface area contributed by atoms with Crippen molar-refractivity contribution in [2.45, 2.75) is 51.4 Å². The standard InChI is InChI=1S/C16H27N5O2/c1-11-7-21(8-12(2)23-11)15(22)10-19(3)9-14-17-18-16(20(14)4)13-5-6-13/h11-13H,5-10H2,1-4H3/t11-,12-/m1/s1. The molecular weight excluding hydrogens is 294 g/mol. The maximum atomic E-state index is 12.5. The fourth-order valence-electron chi connectivity index (χ4n) is 3.22. The molecule has 0 unspecified atom stereocenters. The molecule has 7 heteroatoms. The third-order valence-electron chi connectivity index (χ3n) is 4.53. The zero-order valence-electron chi connectivity index (χ0n) is 14.5. The number of morpholine rings is 1. The van der Waals surface area contributed by atoms with E-state index in [1.54, 1.807) is 0 Å². The Bertz CT molecular complexity index is 559. The van der Waals surface area contributed by atoms with Crippen molar-refractivity contribution in [1.82, 2.24) is 24.6 Å². The minimum Gasteiger partial charge on any atom is -0.372 e. The first-order valence-electron chi connectivity index (χ1n) is 8.44. The van der Waals surface area contributed by atoms with Crippen molar-refractivity contribution in [2.24, 2.45) is 7.05 Å². The summed E-state index contributed by atoms with van der Waals surface area (Å²) in [5, 5.41) is 8.58. The highest BCUT2D eigenvalue weighted by Crippen LogP contribution is 2.38. The molecule has 0 N–H and O–H groups in total. The van der Waals surface area contributed by atoms with Gasteiger partial charge in [-0.15, -0.1) is 10.2 Å². The fourth-order valence-corrected chi connectivity index (χ4v) is 3.22. The lowest BCUT2D eigenvalue weighted by Crippen LogP contribution is -2.50. The van der Waals surface area contributed by atoms with Crippen molar-refractivity contribution < 1.29 is 9.53 Å². The Morgan fingerprint density at radius 3 is 2.52 bits per heavy atom. The van der Waals surface area contributed by atoms with Crippen molar-refractivity contribution in [3.63, 3.8) is 0 Å². The molecule has 0 bridgehead atoms. The summed E-state index contributed by atoms with van der Waals surface area (Å²) in [6.45, 7) is 6.40. The van der Waals surface area contributed by atoms with Crippen LogP contribution in [0.3, 0.4) is 0 Å². The van der Waals surface area contributed by atoms with Crippen LogP contribution in [0, 0.1) is 0 Å². The van der Waals surface area contributed by atoms with Gasteiger partial charge in [-0.2, -0.15) is 0 Å². The van der Waals surface area contributed by atoms with Gasteiger partial charge in [0.25, 0.3) is 0 Å². The van der Waals surface area contributed by atoms with Crippen molar-refractivity contribution in [3.8, 4) is 0 Å². The van der Waals surface area contributed by atoms with Gasteiger partial charge in [0.15, 0.2) is 0 Å². The van der Waals surface area contributed by atoms with E-state index in [0.717, 1.165) is 11.6 Å². The summed E-state index contributed by atoms with van der Waals surface area (Å²) in [6.07, 6.45) is 2.64. The number of hydrogen-bond donors (Lipinski definition) is 0. The summed E-state index contributed by atoms with van der Waals surface area (Å²) in [6, 6.07) is 0. The van der Waals surface area contributed by atoms with Crippen LogP contribution < -0.4 is 0 Å². The van der Waals surface area contributed by atoms with Gasteiger partial charge in [0.2, 0.25) is 5.91 Å². The highest BCUT2D eigenvalue weighted by molar-refractivity contribution is 5.78. The van der Waals surface area contributed by atoms with E-state index in [4.69, 9.17) is 4.74 Å². The van der Waals surface area contributed by atoms with Crippen LogP contribution >= 0.6 is 0 Å². The second-order valence-corrected chi connectivity index (χ2v) is 7.04. The van der Waals surface area contributed by atoms with Crippen LogP contribution in [0.15, 0.2) is 0 Å². The number of aromatic nitrogens is 3. The Hall–Kier alpha value is -1.47. The summed E-state index contributed by atoms with van der Waals surface area (Å²) >= 11 is 0. The number of likely N-dealkylation sites (N-methyl/N-ethyl adjacent to an activating group) is 1. The largest absolute Gasteiger partial charge is 0.372 e. The number of hydrogen-bond acceptors (Lipinski definition) is 5. The maximum Gasteiger partial charge on any atom is 0.236 e. The summed E-state index contributed by atoms with van der Waals surface area (Å²) in [5.74, 6) is 2.74. The molecule has 2 atom stereocenters. The van der Waals surface area contributed by atoms with Crippen molar-refractivity contribution in [3.05, 3.63) is 11.6 Å². The highest BCUT2D eigenvalue weighted by Gasteiger charge is 2.30. The first kappa shape index (κ1) is 16.4. The van der Waals surface area contributed by atoms with Gasteiger partial charge in [-0.05, 0) is 33.7 Å². The third-order valence-corrected chi connectivity index (χ3v) is 4.53. The lowest BCUT2D eigenvalue weighted by atomic mass is 10.2. The van der Waals surface area contributed by atoms with Crippen LogP contribution in [-0.4, -0.2) is 69.4 Å². The van der Waals surface area contributed by atoms with Crippen LogP contribution in [0.2, 0.25) is 0 Å². The molecule has 1 saturated carbocycles. The molecule has 23 heavy (non-hydrogen) atoms. The number of carbonyl (C=O) groups is 1. The topological polar surface area (TPSA) is 63.5 Å². The summed E-state index contributed by atoms with van der Waals surface area (Å²) in [5.41, 5.74) is 0. The zero-order valence-corrected chi connectivity index (χ0v) is 14.5. The SMILES string of the molecule is C[C@@H]1CN(C(=O)CN(C)Cc2nnc(C3CC3)n2C)C[C@@H](C)O1. The number of amides is 1. The first-order chi connectivity index (χ1) is 10.9. The summed E-state index contributed by atoms with van der Waals surface area (Å²) in [7, 11) is 3.97. The molecule has 0 aromatic carbocycles. The molecule has 128 valence electrons. The third kappa shape index (κ3) is 3.90. The van der Waals surface area contributed by atoms with Crippen LogP contribution in [0.1, 0.15) is 44.3 Å². The quantitative estimate of drug-likeness (QED) is 0.801. The zero-order chi connectivity index (χ0) is 16.6. The lowest BCUT2D eigenvalue weighted by molar-refractivity contribution is -0.144. The molecule has 1 aliphatic carbocycles. The van der Waals surface area contributed by atoms with E-state index in [1.807, 2.05) is 37.7 Å². The lowest BCUT2D eigenvalue weighted by Gasteiger charge is -2.36. The van der Waals surface area contributed by atoms with Crippen LogP contribution in [0.25, 0.3) is 0 Å². The fraction of sp³-hybridized carbons (Fsp3) is 0.812. The number of carbonyl (C=O) groups excluding carboxylic acids is 1. The monoisotopic (exact) mass is 321 g/mol. The molecule has 1 aromatic rings. The Kier molecular flexibility index (Phi) is 4.68. The number of nitrogens with zero attached hydrogens (tertiary/aromatic N) is 5. The molecule has 2 aliphatic rings. The van der Waals surface area contributed by atoms with E-state index in [9.17, 15) is 4.79 Å². The normalized spacial score (nSPS) is 25.2. The Morgan fingerprint density at radius 1 is 1.26 bits per heavy atom. The van der Waals surface area contributed by atoms with E-state index in [2.05, 4.69) is 14.8 Å². The predicted octanol–water partition coefficient (Wildman–Crippen LogP) is 0.760. The van der Waals surface area contributed by atoms with Gasteiger partial charge in [0, 0.05) is 26.1 Å². The molecule has 1 aliphatic heterocycles. The molecule has 1 saturated heterocycles. The molecule has 1 aromatic heterocycles. The van der Waals surface area contributed by atoms with Gasteiger partial charge in [0.05, 0.1) is 25.3 Å². The number of rotatable bonds is 5. The molecule has 2 fully saturated rings. The van der Waals surface area contributed by atoms with Crippen LogP contribution in [-0.2, 0) is 23.1 Å². The minimum atomic E-state index is 0.104. The van der Waals surface area contributed by atoms with Gasteiger partial charge in [-0.3, -0.25) is 9.69 Å². The summed E-state index contributed by atoms with van der Waals surface area (Å²) < 4.78 is 7.77. The molecular formula is C16H27N5O2. The average Bonchev–Trinajstić information content (AvgIpc) is 3.24. The van der Waals surface area contributed by atoms with E-state index in [1.165, 1.54) is 12.8 Å². The summed E-state index contributed by atoms with van der Waals surface area (Å²) in [4.78, 5) is 16.4. The van der Waals surface area contributed by atoms with E-state index in [-0.39, 0.29) is 18.1 Å². The highest BCUT2D eigenvalue weighted by atomic mass is 16.5. The van der Waals surface area contributed by atoms with E-state index < -0.39 is 0 Å².